The monoisotopic (exact) mass is 417 g/mol. The van der Waals surface area contributed by atoms with Gasteiger partial charge in [0.15, 0.2) is 6.10 Å². The number of benzene rings is 2. The fraction of sp³-hybridized carbons (Fsp3) is 0.333. The van der Waals surface area contributed by atoms with Crippen molar-refractivity contribution in [1.29, 1.82) is 0 Å². The molecule has 0 aliphatic rings. The molecule has 0 saturated heterocycles. The van der Waals surface area contributed by atoms with Crippen LogP contribution >= 0.6 is 15.9 Å². The van der Waals surface area contributed by atoms with Gasteiger partial charge < -0.3 is 10.1 Å². The summed E-state index contributed by atoms with van der Waals surface area (Å²) in [5.41, 5.74) is 2.69. The third kappa shape index (κ3) is 5.70. The van der Waals surface area contributed by atoms with Crippen LogP contribution in [0.3, 0.4) is 0 Å². The first kappa shape index (κ1) is 20.2. The average Bonchev–Trinajstić information content (AvgIpc) is 2.63. The van der Waals surface area contributed by atoms with Crippen molar-refractivity contribution in [2.45, 2.75) is 45.6 Å². The number of amides is 1. The van der Waals surface area contributed by atoms with Crippen molar-refractivity contribution >= 4 is 33.5 Å². The van der Waals surface area contributed by atoms with E-state index in [2.05, 4.69) is 35.1 Å². The van der Waals surface area contributed by atoms with Crippen LogP contribution in [0.4, 0.5) is 5.69 Å². The summed E-state index contributed by atoms with van der Waals surface area (Å²) in [7, 11) is 0. The van der Waals surface area contributed by atoms with Gasteiger partial charge in [-0.15, -0.1) is 0 Å². The molecule has 0 heterocycles. The Morgan fingerprint density at radius 2 is 1.73 bits per heavy atom. The lowest BCUT2D eigenvalue weighted by Gasteiger charge is -2.18. The molecule has 0 radical (unpaired) electrons. The molecule has 2 aromatic rings. The van der Waals surface area contributed by atoms with Crippen molar-refractivity contribution < 1.29 is 14.3 Å². The van der Waals surface area contributed by atoms with E-state index in [1.807, 2.05) is 48.5 Å². The number of carbonyl (C=O) groups is 2. The zero-order valence-corrected chi connectivity index (χ0v) is 16.9. The molecule has 0 bridgehead atoms. The zero-order valence-electron chi connectivity index (χ0n) is 15.3. The summed E-state index contributed by atoms with van der Waals surface area (Å²) in [5.74, 6) is -0.420. The predicted molar refractivity (Wildman–Crippen MR) is 107 cm³/mol. The van der Waals surface area contributed by atoms with Gasteiger partial charge in [0, 0.05) is 10.2 Å². The van der Waals surface area contributed by atoms with E-state index in [0.717, 1.165) is 27.7 Å². The molecule has 0 fully saturated rings. The van der Waals surface area contributed by atoms with Crippen molar-refractivity contribution in [2.24, 2.45) is 0 Å². The SMILES string of the molecule is CC[C@H](C)c1ccccc1NC(=O)[C@@H](C)OC(=O)Cc1ccc(Br)cc1. The normalized spacial score (nSPS) is 12.9. The molecule has 0 unspecified atom stereocenters. The maximum Gasteiger partial charge on any atom is 0.311 e. The van der Waals surface area contributed by atoms with Crippen LogP contribution in [0.1, 0.15) is 44.2 Å². The number of anilines is 1. The summed E-state index contributed by atoms with van der Waals surface area (Å²) >= 11 is 3.35. The van der Waals surface area contributed by atoms with Crippen LogP contribution < -0.4 is 5.32 Å². The quantitative estimate of drug-likeness (QED) is 0.639. The lowest BCUT2D eigenvalue weighted by Crippen LogP contribution is -2.30. The van der Waals surface area contributed by atoms with E-state index in [1.165, 1.54) is 0 Å². The van der Waals surface area contributed by atoms with Crippen molar-refractivity contribution in [1.82, 2.24) is 0 Å². The summed E-state index contributed by atoms with van der Waals surface area (Å²) in [6.07, 6.45) is 0.252. The molecule has 0 aliphatic heterocycles. The molecule has 5 heteroatoms. The minimum Gasteiger partial charge on any atom is -0.452 e. The summed E-state index contributed by atoms with van der Waals surface area (Å²) < 4.78 is 6.23. The summed E-state index contributed by atoms with van der Waals surface area (Å²) in [6, 6.07) is 15.1. The molecule has 2 aromatic carbocycles. The summed E-state index contributed by atoms with van der Waals surface area (Å²) in [5, 5.41) is 2.88. The van der Waals surface area contributed by atoms with Crippen LogP contribution in [0.5, 0.6) is 0 Å². The van der Waals surface area contributed by atoms with Crippen LogP contribution in [0, 0.1) is 0 Å². The Morgan fingerprint density at radius 1 is 1.08 bits per heavy atom. The predicted octanol–water partition coefficient (Wildman–Crippen LogP) is 5.08. The van der Waals surface area contributed by atoms with Crippen molar-refractivity contribution in [3.05, 3.63) is 64.1 Å². The highest BCUT2D eigenvalue weighted by atomic mass is 79.9. The van der Waals surface area contributed by atoms with Gasteiger partial charge in [-0.05, 0) is 48.6 Å². The fourth-order valence-corrected chi connectivity index (χ4v) is 2.82. The van der Waals surface area contributed by atoms with Crippen LogP contribution in [0.25, 0.3) is 0 Å². The molecular weight excluding hydrogens is 394 g/mol. The van der Waals surface area contributed by atoms with Crippen molar-refractivity contribution in [3.8, 4) is 0 Å². The van der Waals surface area contributed by atoms with Gasteiger partial charge in [0.1, 0.15) is 0 Å². The smallest absolute Gasteiger partial charge is 0.311 e. The zero-order chi connectivity index (χ0) is 19.1. The molecule has 26 heavy (non-hydrogen) atoms. The van der Waals surface area contributed by atoms with Crippen molar-refractivity contribution in [3.63, 3.8) is 0 Å². The molecular formula is C21H24BrNO3. The molecule has 1 N–H and O–H groups in total. The Balaban J connectivity index is 1.95. The number of esters is 1. The van der Waals surface area contributed by atoms with Gasteiger partial charge >= 0.3 is 5.97 Å². The first-order chi connectivity index (χ1) is 12.4. The maximum absolute atomic E-state index is 12.4. The van der Waals surface area contributed by atoms with Gasteiger partial charge in [0.25, 0.3) is 5.91 Å². The maximum atomic E-state index is 12.4. The molecule has 0 aliphatic carbocycles. The lowest BCUT2D eigenvalue weighted by molar-refractivity contribution is -0.152. The Labute approximate surface area is 163 Å². The molecule has 1 amide bonds. The second-order valence-electron chi connectivity index (χ2n) is 6.32. The standard InChI is InChI=1S/C21H24BrNO3/c1-4-14(2)18-7-5-6-8-19(18)23-21(25)15(3)26-20(24)13-16-9-11-17(22)12-10-16/h5-12,14-15H,4,13H2,1-3H3,(H,23,25)/t14-,15+/m0/s1. The van der Waals surface area contributed by atoms with E-state index < -0.39 is 12.1 Å². The number of halogens is 1. The number of para-hydroxylation sites is 1. The molecule has 2 rings (SSSR count). The number of carbonyl (C=O) groups excluding carboxylic acids is 2. The second-order valence-corrected chi connectivity index (χ2v) is 7.24. The Kier molecular flexibility index (Phi) is 7.39. The Morgan fingerprint density at radius 3 is 2.38 bits per heavy atom. The first-order valence-electron chi connectivity index (χ1n) is 8.74. The van der Waals surface area contributed by atoms with E-state index in [9.17, 15) is 9.59 Å². The largest absolute Gasteiger partial charge is 0.452 e. The molecule has 0 aromatic heterocycles. The topological polar surface area (TPSA) is 55.4 Å². The highest BCUT2D eigenvalue weighted by Crippen LogP contribution is 2.26. The van der Waals surface area contributed by atoms with Crippen LogP contribution in [-0.4, -0.2) is 18.0 Å². The second kappa shape index (κ2) is 9.53. The molecule has 0 spiro atoms. The Hall–Kier alpha value is -2.14. The van der Waals surface area contributed by atoms with E-state index in [0.29, 0.717) is 5.92 Å². The van der Waals surface area contributed by atoms with Crippen LogP contribution in [0.2, 0.25) is 0 Å². The number of hydrogen-bond donors (Lipinski definition) is 1. The molecule has 4 nitrogen and oxygen atoms in total. The first-order valence-corrected chi connectivity index (χ1v) is 9.53. The summed E-state index contributed by atoms with van der Waals surface area (Å²) in [6.45, 7) is 5.81. The van der Waals surface area contributed by atoms with Crippen LogP contribution in [0.15, 0.2) is 53.0 Å². The number of ether oxygens (including phenoxy) is 1. The van der Waals surface area contributed by atoms with Gasteiger partial charge in [-0.1, -0.05) is 60.1 Å². The molecule has 2 atom stereocenters. The number of nitrogens with one attached hydrogen (secondary N) is 1. The molecule has 138 valence electrons. The van der Waals surface area contributed by atoms with E-state index >= 15 is 0 Å². The Bertz CT molecular complexity index is 758. The highest BCUT2D eigenvalue weighted by Gasteiger charge is 2.20. The van der Waals surface area contributed by atoms with Crippen LogP contribution in [-0.2, 0) is 20.7 Å². The summed E-state index contributed by atoms with van der Waals surface area (Å²) in [4.78, 5) is 24.5. The van der Waals surface area contributed by atoms with Gasteiger partial charge in [-0.2, -0.15) is 0 Å². The number of rotatable bonds is 7. The third-order valence-electron chi connectivity index (χ3n) is 4.30. The average molecular weight is 418 g/mol. The van der Waals surface area contributed by atoms with Crippen molar-refractivity contribution in [2.75, 3.05) is 5.32 Å². The van der Waals surface area contributed by atoms with Gasteiger partial charge in [0.05, 0.1) is 6.42 Å². The van der Waals surface area contributed by atoms with E-state index in [-0.39, 0.29) is 12.3 Å². The third-order valence-corrected chi connectivity index (χ3v) is 4.83. The molecule has 0 saturated carbocycles. The fourth-order valence-electron chi connectivity index (χ4n) is 2.56. The number of hydrogen-bond acceptors (Lipinski definition) is 3. The lowest BCUT2D eigenvalue weighted by atomic mass is 9.97. The van der Waals surface area contributed by atoms with E-state index in [4.69, 9.17) is 4.74 Å². The highest BCUT2D eigenvalue weighted by molar-refractivity contribution is 9.10. The van der Waals surface area contributed by atoms with Gasteiger partial charge in [-0.3, -0.25) is 9.59 Å². The minimum absolute atomic E-state index is 0.133. The van der Waals surface area contributed by atoms with Gasteiger partial charge in [-0.25, -0.2) is 0 Å². The minimum atomic E-state index is -0.858. The van der Waals surface area contributed by atoms with E-state index in [1.54, 1.807) is 6.92 Å². The van der Waals surface area contributed by atoms with Gasteiger partial charge in [0.2, 0.25) is 0 Å².